The molecule has 0 saturated carbocycles. The van der Waals surface area contributed by atoms with Crippen molar-refractivity contribution in [1.82, 2.24) is 19.9 Å². The Labute approximate surface area is 208 Å². The molecule has 1 aromatic heterocycles. The van der Waals surface area contributed by atoms with E-state index in [1.165, 1.54) is 20.7 Å². The molecule has 2 amide bonds. The van der Waals surface area contributed by atoms with Crippen LogP contribution in [0.15, 0.2) is 60.9 Å². The first-order chi connectivity index (χ1) is 16.6. The van der Waals surface area contributed by atoms with Crippen LogP contribution < -0.4 is 4.90 Å². The molecule has 2 heterocycles. The molecule has 10 heteroatoms. The molecule has 35 heavy (non-hydrogen) atoms. The minimum Gasteiger partial charge on any atom is -0.458 e. The van der Waals surface area contributed by atoms with Crippen molar-refractivity contribution in [3.05, 3.63) is 71.5 Å². The molecule has 1 unspecified atom stereocenters. The summed E-state index contributed by atoms with van der Waals surface area (Å²) in [7, 11) is 0. The van der Waals surface area contributed by atoms with Crippen LogP contribution in [-0.4, -0.2) is 62.4 Å². The van der Waals surface area contributed by atoms with Gasteiger partial charge in [0, 0.05) is 11.4 Å². The Morgan fingerprint density at radius 3 is 2.46 bits per heavy atom. The average Bonchev–Trinajstić information content (AvgIpc) is 3.33. The molecule has 1 aliphatic rings. The summed E-state index contributed by atoms with van der Waals surface area (Å²) in [4.78, 5) is 42.5. The molecule has 0 radical (unpaired) electrons. The number of amides is 2. The molecule has 1 fully saturated rings. The maximum Gasteiger partial charge on any atom is 0.329 e. The SMILES string of the molecule is CC(C)(C)OC(=O)C(Cc1ccccc1)N1CC(=O)N(c2cc(Cl)ccc2-n2ccnn2)CC1=O. The predicted octanol–water partition coefficient (Wildman–Crippen LogP) is 3.05. The van der Waals surface area contributed by atoms with Crippen molar-refractivity contribution in [1.29, 1.82) is 0 Å². The quantitative estimate of drug-likeness (QED) is 0.487. The zero-order valence-corrected chi connectivity index (χ0v) is 20.5. The van der Waals surface area contributed by atoms with Crippen molar-refractivity contribution < 1.29 is 19.1 Å². The summed E-state index contributed by atoms with van der Waals surface area (Å²) in [6, 6.07) is 13.4. The van der Waals surface area contributed by atoms with Gasteiger partial charge in [-0.15, -0.1) is 5.10 Å². The van der Waals surface area contributed by atoms with Gasteiger partial charge in [0.05, 0.1) is 23.8 Å². The van der Waals surface area contributed by atoms with Gasteiger partial charge in [0.1, 0.15) is 24.7 Å². The van der Waals surface area contributed by atoms with Crippen LogP contribution in [0.25, 0.3) is 5.69 Å². The fourth-order valence-corrected chi connectivity index (χ4v) is 4.07. The predicted molar refractivity (Wildman–Crippen MR) is 130 cm³/mol. The highest BCUT2D eigenvalue weighted by Crippen LogP contribution is 2.30. The van der Waals surface area contributed by atoms with E-state index in [0.717, 1.165) is 5.56 Å². The number of piperazine rings is 1. The van der Waals surface area contributed by atoms with Gasteiger partial charge in [0.2, 0.25) is 11.8 Å². The van der Waals surface area contributed by atoms with Crippen LogP contribution in [0.3, 0.4) is 0 Å². The zero-order valence-electron chi connectivity index (χ0n) is 19.7. The molecule has 0 aliphatic carbocycles. The first kappa shape index (κ1) is 24.4. The number of carbonyl (C=O) groups is 3. The number of aromatic nitrogens is 3. The summed E-state index contributed by atoms with van der Waals surface area (Å²) in [6.45, 7) is 4.76. The van der Waals surface area contributed by atoms with E-state index < -0.39 is 17.6 Å². The molecule has 1 saturated heterocycles. The fourth-order valence-electron chi connectivity index (χ4n) is 3.91. The number of nitrogens with zero attached hydrogens (tertiary/aromatic N) is 5. The Kier molecular flexibility index (Phi) is 6.88. The van der Waals surface area contributed by atoms with Gasteiger partial charge in [0.15, 0.2) is 0 Å². The largest absolute Gasteiger partial charge is 0.458 e. The van der Waals surface area contributed by atoms with E-state index in [4.69, 9.17) is 16.3 Å². The Hall–Kier alpha value is -3.72. The van der Waals surface area contributed by atoms with Gasteiger partial charge in [-0.2, -0.15) is 0 Å². The second-order valence-electron chi connectivity index (χ2n) is 9.22. The lowest BCUT2D eigenvalue weighted by molar-refractivity contribution is -0.165. The van der Waals surface area contributed by atoms with Crippen molar-refractivity contribution in [2.24, 2.45) is 0 Å². The number of ether oxygens (including phenoxy) is 1. The third kappa shape index (κ3) is 5.68. The summed E-state index contributed by atoms with van der Waals surface area (Å²) < 4.78 is 7.11. The number of hydrogen-bond acceptors (Lipinski definition) is 6. The van der Waals surface area contributed by atoms with E-state index in [-0.39, 0.29) is 31.3 Å². The Morgan fingerprint density at radius 2 is 1.80 bits per heavy atom. The van der Waals surface area contributed by atoms with E-state index in [9.17, 15) is 14.4 Å². The maximum absolute atomic E-state index is 13.4. The molecule has 2 aromatic carbocycles. The highest BCUT2D eigenvalue weighted by atomic mass is 35.5. The van der Waals surface area contributed by atoms with Gasteiger partial charge >= 0.3 is 5.97 Å². The summed E-state index contributed by atoms with van der Waals surface area (Å²) in [5.41, 5.74) is 1.09. The number of halogens is 1. The van der Waals surface area contributed by atoms with Crippen LogP contribution in [0.4, 0.5) is 5.69 Å². The minimum absolute atomic E-state index is 0.232. The second-order valence-corrected chi connectivity index (χ2v) is 9.66. The van der Waals surface area contributed by atoms with E-state index in [1.807, 2.05) is 30.3 Å². The average molecular weight is 496 g/mol. The van der Waals surface area contributed by atoms with Gasteiger partial charge in [-0.05, 0) is 44.5 Å². The lowest BCUT2D eigenvalue weighted by Gasteiger charge is -2.38. The molecule has 3 aromatic rings. The molecular weight excluding hydrogens is 470 g/mol. The monoisotopic (exact) mass is 495 g/mol. The number of esters is 1. The van der Waals surface area contributed by atoms with Gasteiger partial charge in [0.25, 0.3) is 0 Å². The molecule has 182 valence electrons. The van der Waals surface area contributed by atoms with Crippen LogP contribution in [-0.2, 0) is 25.5 Å². The second kappa shape index (κ2) is 9.87. The fraction of sp³-hybridized carbons (Fsp3) is 0.320. The van der Waals surface area contributed by atoms with Crippen molar-refractivity contribution in [2.45, 2.75) is 38.8 Å². The number of rotatable bonds is 6. The van der Waals surface area contributed by atoms with Gasteiger partial charge in [-0.3, -0.25) is 14.5 Å². The van der Waals surface area contributed by atoms with Crippen molar-refractivity contribution >= 4 is 35.1 Å². The number of hydrogen-bond donors (Lipinski definition) is 0. The molecule has 1 atom stereocenters. The lowest BCUT2D eigenvalue weighted by Crippen LogP contribution is -2.60. The van der Waals surface area contributed by atoms with Gasteiger partial charge < -0.3 is 9.64 Å². The summed E-state index contributed by atoms with van der Waals surface area (Å²) in [5.74, 6) is -1.28. The van der Waals surface area contributed by atoms with E-state index in [1.54, 1.807) is 45.2 Å². The summed E-state index contributed by atoms with van der Waals surface area (Å²) in [6.07, 6.45) is 3.38. The van der Waals surface area contributed by atoms with E-state index in [0.29, 0.717) is 16.4 Å². The molecular formula is C25H26ClN5O4. The van der Waals surface area contributed by atoms with Crippen molar-refractivity contribution in [3.63, 3.8) is 0 Å². The molecule has 0 spiro atoms. The molecule has 0 N–H and O–H groups in total. The normalized spacial score (nSPS) is 15.3. The van der Waals surface area contributed by atoms with Gasteiger partial charge in [-0.25, -0.2) is 9.48 Å². The topological polar surface area (TPSA) is 97.6 Å². The third-order valence-corrected chi connectivity index (χ3v) is 5.68. The summed E-state index contributed by atoms with van der Waals surface area (Å²) >= 11 is 6.21. The lowest BCUT2D eigenvalue weighted by atomic mass is 10.0. The van der Waals surface area contributed by atoms with Crippen LogP contribution in [0.2, 0.25) is 5.02 Å². The molecule has 4 rings (SSSR count). The van der Waals surface area contributed by atoms with Crippen molar-refractivity contribution in [2.75, 3.05) is 18.0 Å². The van der Waals surface area contributed by atoms with Crippen molar-refractivity contribution in [3.8, 4) is 5.69 Å². The van der Waals surface area contributed by atoms with Crippen LogP contribution in [0.5, 0.6) is 0 Å². The first-order valence-corrected chi connectivity index (χ1v) is 11.5. The van der Waals surface area contributed by atoms with E-state index >= 15 is 0 Å². The third-order valence-electron chi connectivity index (χ3n) is 5.44. The Balaban J connectivity index is 1.63. The van der Waals surface area contributed by atoms with Gasteiger partial charge in [-0.1, -0.05) is 47.1 Å². The van der Waals surface area contributed by atoms with Crippen LogP contribution >= 0.6 is 11.6 Å². The first-order valence-electron chi connectivity index (χ1n) is 11.2. The smallest absolute Gasteiger partial charge is 0.329 e. The highest BCUT2D eigenvalue weighted by molar-refractivity contribution is 6.31. The number of benzene rings is 2. The Bertz CT molecular complexity index is 1220. The van der Waals surface area contributed by atoms with E-state index in [2.05, 4.69) is 10.3 Å². The maximum atomic E-state index is 13.4. The van der Waals surface area contributed by atoms with Crippen LogP contribution in [0.1, 0.15) is 26.3 Å². The number of carbonyl (C=O) groups excluding carboxylic acids is 3. The molecule has 1 aliphatic heterocycles. The number of anilines is 1. The Morgan fingerprint density at radius 1 is 1.06 bits per heavy atom. The highest BCUT2D eigenvalue weighted by Gasteiger charge is 2.40. The standard InChI is InChI=1S/C25H26ClN5O4/c1-25(2,3)35-24(34)21(13-17-7-5-4-6-8-17)30-16-22(32)29(15-23(30)33)20-14-18(26)9-10-19(20)31-12-11-27-28-31/h4-12,14,21H,13,15-16H2,1-3H3. The zero-order chi connectivity index (χ0) is 25.2. The summed E-state index contributed by atoms with van der Waals surface area (Å²) in [5, 5.41) is 8.21. The van der Waals surface area contributed by atoms with Crippen LogP contribution in [0, 0.1) is 0 Å². The minimum atomic E-state index is -0.940. The molecule has 0 bridgehead atoms. The molecule has 9 nitrogen and oxygen atoms in total.